The summed E-state index contributed by atoms with van der Waals surface area (Å²) in [6.07, 6.45) is 0.0357. The molecule has 23 heavy (non-hydrogen) atoms. The summed E-state index contributed by atoms with van der Waals surface area (Å²) in [5, 5.41) is 0. The molecular formula is C18H19FN2O2. The van der Waals surface area contributed by atoms with Crippen LogP contribution in [0.1, 0.15) is 27.9 Å². The van der Waals surface area contributed by atoms with Crippen LogP contribution in [0.5, 0.6) is 0 Å². The minimum absolute atomic E-state index is 0.0357. The SMILES string of the molecule is Cc1ccc(C(=O)N(CCC(N)=O)c2ccc(F)cc2)c(C)c1. The maximum absolute atomic E-state index is 13.1. The van der Waals surface area contributed by atoms with Crippen molar-refractivity contribution in [2.75, 3.05) is 11.4 Å². The van der Waals surface area contributed by atoms with Crippen LogP contribution in [0, 0.1) is 19.7 Å². The Labute approximate surface area is 134 Å². The topological polar surface area (TPSA) is 63.4 Å². The number of aryl methyl sites for hydroxylation is 2. The number of amides is 2. The first-order valence-electron chi connectivity index (χ1n) is 7.31. The lowest BCUT2D eigenvalue weighted by molar-refractivity contribution is -0.117. The third-order valence-corrected chi connectivity index (χ3v) is 3.58. The lowest BCUT2D eigenvalue weighted by Crippen LogP contribution is -2.34. The minimum Gasteiger partial charge on any atom is -0.370 e. The third-order valence-electron chi connectivity index (χ3n) is 3.58. The molecule has 0 bridgehead atoms. The second-order valence-electron chi connectivity index (χ2n) is 5.47. The zero-order valence-electron chi connectivity index (χ0n) is 13.2. The van der Waals surface area contributed by atoms with Crippen LogP contribution in [0.4, 0.5) is 10.1 Å². The molecule has 5 heteroatoms. The molecule has 0 spiro atoms. The zero-order chi connectivity index (χ0) is 17.0. The van der Waals surface area contributed by atoms with E-state index in [0.29, 0.717) is 11.3 Å². The number of hydrogen-bond acceptors (Lipinski definition) is 2. The highest BCUT2D eigenvalue weighted by molar-refractivity contribution is 6.07. The maximum atomic E-state index is 13.1. The zero-order valence-corrected chi connectivity index (χ0v) is 13.2. The molecule has 120 valence electrons. The Morgan fingerprint density at radius 3 is 2.30 bits per heavy atom. The summed E-state index contributed by atoms with van der Waals surface area (Å²) in [5.74, 6) is -1.12. The molecule has 0 atom stereocenters. The summed E-state index contributed by atoms with van der Waals surface area (Å²) in [6.45, 7) is 3.95. The number of carbonyl (C=O) groups is 2. The number of anilines is 1. The number of primary amides is 1. The second-order valence-corrected chi connectivity index (χ2v) is 5.47. The molecule has 2 aromatic rings. The maximum Gasteiger partial charge on any atom is 0.258 e. The van der Waals surface area contributed by atoms with E-state index in [2.05, 4.69) is 0 Å². The molecule has 0 saturated heterocycles. The summed E-state index contributed by atoms with van der Waals surface area (Å²) in [7, 11) is 0. The number of carbonyl (C=O) groups excluding carboxylic acids is 2. The standard InChI is InChI=1S/C18H19FN2O2/c1-12-3-8-16(13(2)11-12)18(23)21(10-9-17(20)22)15-6-4-14(19)5-7-15/h3-8,11H,9-10H2,1-2H3,(H2,20,22). The van der Waals surface area contributed by atoms with Crippen LogP contribution in [-0.2, 0) is 4.79 Å². The first kappa shape index (κ1) is 16.7. The summed E-state index contributed by atoms with van der Waals surface area (Å²) in [5.41, 5.74) is 8.17. The van der Waals surface area contributed by atoms with Crippen LogP contribution >= 0.6 is 0 Å². The van der Waals surface area contributed by atoms with Crippen LogP contribution in [0.25, 0.3) is 0 Å². The van der Waals surface area contributed by atoms with Gasteiger partial charge in [0.25, 0.3) is 5.91 Å². The van der Waals surface area contributed by atoms with Crippen molar-refractivity contribution in [3.05, 3.63) is 65.0 Å². The van der Waals surface area contributed by atoms with Gasteiger partial charge in [0.05, 0.1) is 0 Å². The van der Waals surface area contributed by atoms with E-state index in [0.717, 1.165) is 11.1 Å². The Morgan fingerprint density at radius 1 is 1.09 bits per heavy atom. The van der Waals surface area contributed by atoms with Crippen molar-refractivity contribution in [2.45, 2.75) is 20.3 Å². The van der Waals surface area contributed by atoms with Gasteiger partial charge in [0.1, 0.15) is 5.82 Å². The molecule has 0 aromatic heterocycles. The molecule has 0 radical (unpaired) electrons. The van der Waals surface area contributed by atoms with E-state index in [4.69, 9.17) is 5.73 Å². The number of benzene rings is 2. The predicted molar refractivity (Wildman–Crippen MR) is 87.8 cm³/mol. The summed E-state index contributed by atoms with van der Waals surface area (Å²) >= 11 is 0. The Balaban J connectivity index is 2.37. The molecule has 2 amide bonds. The van der Waals surface area contributed by atoms with Crippen molar-refractivity contribution in [3.8, 4) is 0 Å². The van der Waals surface area contributed by atoms with Crippen LogP contribution in [0.2, 0.25) is 0 Å². The lowest BCUT2D eigenvalue weighted by Gasteiger charge is -2.23. The fraction of sp³-hybridized carbons (Fsp3) is 0.222. The molecule has 0 aliphatic carbocycles. The van der Waals surface area contributed by atoms with Crippen molar-refractivity contribution in [1.82, 2.24) is 0 Å². The Kier molecular flexibility index (Phi) is 5.11. The fourth-order valence-corrected chi connectivity index (χ4v) is 2.39. The van der Waals surface area contributed by atoms with Gasteiger partial charge >= 0.3 is 0 Å². The smallest absolute Gasteiger partial charge is 0.258 e. The molecule has 0 saturated carbocycles. The highest BCUT2D eigenvalue weighted by Gasteiger charge is 2.20. The Hall–Kier alpha value is -2.69. The molecule has 0 heterocycles. The van der Waals surface area contributed by atoms with E-state index in [1.807, 2.05) is 26.0 Å². The van der Waals surface area contributed by atoms with Gasteiger partial charge in [-0.05, 0) is 49.7 Å². The van der Waals surface area contributed by atoms with Gasteiger partial charge in [0.15, 0.2) is 0 Å². The largest absolute Gasteiger partial charge is 0.370 e. The minimum atomic E-state index is -0.495. The van der Waals surface area contributed by atoms with Crippen molar-refractivity contribution in [1.29, 1.82) is 0 Å². The molecule has 0 fully saturated rings. The molecule has 2 aromatic carbocycles. The van der Waals surface area contributed by atoms with Crippen LogP contribution in [0.3, 0.4) is 0 Å². The first-order chi connectivity index (χ1) is 10.9. The van der Waals surface area contributed by atoms with E-state index in [9.17, 15) is 14.0 Å². The van der Waals surface area contributed by atoms with Crippen molar-refractivity contribution in [3.63, 3.8) is 0 Å². The average molecular weight is 314 g/mol. The van der Waals surface area contributed by atoms with Gasteiger partial charge in [-0.2, -0.15) is 0 Å². The molecule has 2 N–H and O–H groups in total. The van der Waals surface area contributed by atoms with Crippen LogP contribution < -0.4 is 10.6 Å². The van der Waals surface area contributed by atoms with E-state index in [1.165, 1.54) is 29.2 Å². The third kappa shape index (κ3) is 4.16. The molecule has 2 rings (SSSR count). The lowest BCUT2D eigenvalue weighted by atomic mass is 10.0. The molecule has 0 unspecified atom stereocenters. The van der Waals surface area contributed by atoms with Crippen molar-refractivity contribution >= 4 is 17.5 Å². The number of nitrogens with two attached hydrogens (primary N) is 1. The first-order valence-corrected chi connectivity index (χ1v) is 7.31. The quantitative estimate of drug-likeness (QED) is 0.922. The van der Waals surface area contributed by atoms with Gasteiger partial charge in [-0.15, -0.1) is 0 Å². The summed E-state index contributed by atoms with van der Waals surface area (Å²) < 4.78 is 13.1. The molecule has 4 nitrogen and oxygen atoms in total. The number of nitrogens with zero attached hydrogens (tertiary/aromatic N) is 1. The summed E-state index contributed by atoms with van der Waals surface area (Å²) in [6, 6.07) is 11.1. The van der Waals surface area contributed by atoms with Gasteiger partial charge < -0.3 is 10.6 Å². The van der Waals surface area contributed by atoms with Gasteiger partial charge in [-0.3, -0.25) is 9.59 Å². The van der Waals surface area contributed by atoms with Crippen molar-refractivity contribution in [2.24, 2.45) is 5.73 Å². The van der Waals surface area contributed by atoms with Gasteiger partial charge in [-0.1, -0.05) is 17.7 Å². The van der Waals surface area contributed by atoms with Gasteiger partial charge in [0, 0.05) is 24.2 Å². The predicted octanol–water partition coefficient (Wildman–Crippen LogP) is 2.96. The normalized spacial score (nSPS) is 10.4. The number of rotatable bonds is 5. The van der Waals surface area contributed by atoms with E-state index in [-0.39, 0.29) is 24.7 Å². The molecule has 0 aliphatic heterocycles. The summed E-state index contributed by atoms with van der Waals surface area (Å²) in [4.78, 5) is 25.4. The monoisotopic (exact) mass is 314 g/mol. The Bertz CT molecular complexity index is 726. The number of halogens is 1. The van der Waals surface area contributed by atoms with Gasteiger partial charge in [0.2, 0.25) is 5.91 Å². The highest BCUT2D eigenvalue weighted by Crippen LogP contribution is 2.20. The van der Waals surface area contributed by atoms with Crippen LogP contribution in [0.15, 0.2) is 42.5 Å². The highest BCUT2D eigenvalue weighted by atomic mass is 19.1. The van der Waals surface area contributed by atoms with Gasteiger partial charge in [-0.25, -0.2) is 4.39 Å². The Morgan fingerprint density at radius 2 is 1.74 bits per heavy atom. The van der Waals surface area contributed by atoms with E-state index >= 15 is 0 Å². The van der Waals surface area contributed by atoms with Crippen molar-refractivity contribution < 1.29 is 14.0 Å². The fourth-order valence-electron chi connectivity index (χ4n) is 2.39. The van der Waals surface area contributed by atoms with E-state index in [1.54, 1.807) is 6.07 Å². The molecule has 0 aliphatic rings. The van der Waals surface area contributed by atoms with E-state index < -0.39 is 5.91 Å². The number of hydrogen-bond donors (Lipinski definition) is 1. The van der Waals surface area contributed by atoms with Crippen LogP contribution in [-0.4, -0.2) is 18.4 Å². The average Bonchev–Trinajstić information content (AvgIpc) is 2.48. The second kappa shape index (κ2) is 7.05. The molecular weight excluding hydrogens is 295 g/mol.